The molecule has 2 N–H and O–H groups in total. The van der Waals surface area contributed by atoms with Gasteiger partial charge < -0.3 is 10.2 Å². The van der Waals surface area contributed by atoms with Crippen molar-refractivity contribution in [2.75, 3.05) is 0 Å². The zero-order chi connectivity index (χ0) is 15.9. The highest BCUT2D eigenvalue weighted by Crippen LogP contribution is 2.33. The number of hydrogen-bond acceptors (Lipinski definition) is 4. The Bertz CT molecular complexity index is 688. The molecule has 0 bridgehead atoms. The van der Waals surface area contributed by atoms with Crippen molar-refractivity contribution in [3.63, 3.8) is 0 Å². The van der Waals surface area contributed by atoms with E-state index < -0.39 is 11.0 Å². The third-order valence-corrected chi connectivity index (χ3v) is 4.47. The van der Waals surface area contributed by atoms with Gasteiger partial charge in [0.15, 0.2) is 0 Å². The molecule has 21 heavy (non-hydrogen) atoms. The van der Waals surface area contributed by atoms with Crippen molar-refractivity contribution in [3.05, 3.63) is 61.4 Å². The van der Waals surface area contributed by atoms with E-state index in [2.05, 4.69) is 20.8 Å². The summed E-state index contributed by atoms with van der Waals surface area (Å²) in [4.78, 5) is 10.2. The number of benzene rings is 1. The zero-order valence-electron chi connectivity index (χ0n) is 13.0. The first kappa shape index (κ1) is 15.3. The lowest BCUT2D eigenvalue weighted by atomic mass is 9.86. The van der Waals surface area contributed by atoms with Gasteiger partial charge in [0.1, 0.15) is 10.7 Å². The molecule has 0 amide bonds. The first-order valence-corrected chi connectivity index (χ1v) is 6.82. The van der Waals surface area contributed by atoms with Crippen LogP contribution in [0.4, 0.5) is 5.88 Å². The van der Waals surface area contributed by atoms with Crippen LogP contribution in [0.3, 0.4) is 0 Å². The van der Waals surface area contributed by atoms with E-state index in [1.807, 2.05) is 13.8 Å². The van der Waals surface area contributed by atoms with Crippen molar-refractivity contribution in [1.29, 1.82) is 0 Å². The second-order valence-corrected chi connectivity index (χ2v) is 5.45. The maximum absolute atomic E-state index is 10.7. The van der Waals surface area contributed by atoms with Crippen LogP contribution in [-0.2, 0) is 0 Å². The first-order valence-electron chi connectivity index (χ1n) is 6.82. The largest absolute Gasteiger partial charge is 0.433 e. The Hall–Kier alpha value is -2.14. The standard InChI is InChI=1S/C16H20N2O3/c1-8-9(2)11(4)15(12(5)10(8)3)16(17)13-6-7-14(21-13)18(19)20/h6-7,16H,17H2,1-5H3. The van der Waals surface area contributed by atoms with E-state index >= 15 is 0 Å². The predicted molar refractivity (Wildman–Crippen MR) is 81.5 cm³/mol. The molecule has 1 unspecified atom stereocenters. The molecule has 0 fully saturated rings. The fourth-order valence-corrected chi connectivity index (χ4v) is 2.75. The summed E-state index contributed by atoms with van der Waals surface area (Å²) in [6.07, 6.45) is 0. The van der Waals surface area contributed by atoms with E-state index in [0.29, 0.717) is 5.76 Å². The highest BCUT2D eigenvalue weighted by Gasteiger charge is 2.23. The molecule has 0 saturated carbocycles. The fraction of sp³-hybridized carbons (Fsp3) is 0.375. The lowest BCUT2D eigenvalue weighted by molar-refractivity contribution is -0.402. The van der Waals surface area contributed by atoms with Crippen molar-refractivity contribution >= 4 is 5.88 Å². The summed E-state index contributed by atoms with van der Waals surface area (Å²) in [5.74, 6) is 0.131. The van der Waals surface area contributed by atoms with Crippen LogP contribution in [0.15, 0.2) is 16.5 Å². The molecule has 112 valence electrons. The Labute approximate surface area is 123 Å². The van der Waals surface area contributed by atoms with E-state index in [1.165, 1.54) is 22.8 Å². The summed E-state index contributed by atoms with van der Waals surface area (Å²) in [6, 6.07) is 2.41. The van der Waals surface area contributed by atoms with Gasteiger partial charge in [-0.15, -0.1) is 0 Å². The molecule has 2 rings (SSSR count). The molecule has 0 aliphatic heterocycles. The summed E-state index contributed by atoms with van der Waals surface area (Å²) in [7, 11) is 0. The lowest BCUT2D eigenvalue weighted by Crippen LogP contribution is -2.16. The van der Waals surface area contributed by atoms with Crippen LogP contribution in [0.1, 0.15) is 45.2 Å². The summed E-state index contributed by atoms with van der Waals surface area (Å²) >= 11 is 0. The van der Waals surface area contributed by atoms with Crippen molar-refractivity contribution in [2.45, 2.75) is 40.7 Å². The average molecular weight is 288 g/mol. The summed E-state index contributed by atoms with van der Waals surface area (Å²) < 4.78 is 5.26. The van der Waals surface area contributed by atoms with E-state index in [1.54, 1.807) is 6.07 Å². The summed E-state index contributed by atoms with van der Waals surface area (Å²) in [5, 5.41) is 10.7. The number of furan rings is 1. The number of hydrogen-bond donors (Lipinski definition) is 1. The maximum atomic E-state index is 10.7. The van der Waals surface area contributed by atoms with Crippen LogP contribution in [0.2, 0.25) is 0 Å². The molecule has 1 aromatic carbocycles. The quantitative estimate of drug-likeness (QED) is 0.688. The molecule has 0 aliphatic carbocycles. The summed E-state index contributed by atoms with van der Waals surface area (Å²) in [6.45, 7) is 10.3. The Morgan fingerprint density at radius 2 is 1.48 bits per heavy atom. The fourth-order valence-electron chi connectivity index (χ4n) is 2.75. The van der Waals surface area contributed by atoms with Crippen LogP contribution in [-0.4, -0.2) is 4.92 Å². The molecule has 0 saturated heterocycles. The summed E-state index contributed by atoms with van der Waals surface area (Å²) in [5.41, 5.74) is 13.2. The van der Waals surface area contributed by atoms with Crippen molar-refractivity contribution in [1.82, 2.24) is 0 Å². The van der Waals surface area contributed by atoms with Crippen molar-refractivity contribution < 1.29 is 9.34 Å². The number of nitro groups is 1. The molecule has 0 radical (unpaired) electrons. The molecule has 0 aliphatic rings. The number of rotatable bonds is 3. The molecule has 0 spiro atoms. The molecular formula is C16H20N2O3. The molecule has 5 nitrogen and oxygen atoms in total. The van der Waals surface area contributed by atoms with Crippen molar-refractivity contribution in [3.8, 4) is 0 Å². The van der Waals surface area contributed by atoms with Gasteiger partial charge in [-0.25, -0.2) is 0 Å². The lowest BCUT2D eigenvalue weighted by Gasteiger charge is -2.22. The predicted octanol–water partition coefficient (Wildman–Crippen LogP) is 3.78. The minimum atomic E-state index is -0.554. The number of nitrogens with zero attached hydrogens (tertiary/aromatic N) is 1. The van der Waals surface area contributed by atoms with Crippen LogP contribution in [0.5, 0.6) is 0 Å². The van der Waals surface area contributed by atoms with Gasteiger partial charge in [-0.2, -0.15) is 0 Å². The Kier molecular flexibility index (Phi) is 3.87. The second kappa shape index (κ2) is 5.33. The van der Waals surface area contributed by atoms with Crippen LogP contribution in [0.25, 0.3) is 0 Å². The van der Waals surface area contributed by atoms with Crippen LogP contribution in [0, 0.1) is 44.7 Å². The van der Waals surface area contributed by atoms with Gasteiger partial charge in [0, 0.05) is 0 Å². The van der Waals surface area contributed by atoms with E-state index in [0.717, 1.165) is 16.7 Å². The minimum Gasteiger partial charge on any atom is -0.404 e. The molecule has 1 heterocycles. The molecular weight excluding hydrogens is 268 g/mol. The van der Waals surface area contributed by atoms with Crippen LogP contribution < -0.4 is 5.73 Å². The number of nitrogens with two attached hydrogens (primary N) is 1. The van der Waals surface area contributed by atoms with E-state index in [4.69, 9.17) is 10.2 Å². The zero-order valence-corrected chi connectivity index (χ0v) is 13.0. The second-order valence-electron chi connectivity index (χ2n) is 5.45. The van der Waals surface area contributed by atoms with Crippen LogP contribution >= 0.6 is 0 Å². The highest BCUT2D eigenvalue weighted by atomic mass is 16.6. The highest BCUT2D eigenvalue weighted by molar-refractivity contribution is 5.52. The average Bonchev–Trinajstić information content (AvgIpc) is 2.93. The molecule has 2 aromatic rings. The van der Waals surface area contributed by atoms with Gasteiger partial charge in [-0.1, -0.05) is 0 Å². The first-order chi connectivity index (χ1) is 9.75. The Balaban J connectivity index is 2.57. The van der Waals surface area contributed by atoms with Gasteiger partial charge in [0.25, 0.3) is 0 Å². The third kappa shape index (κ3) is 2.45. The monoisotopic (exact) mass is 288 g/mol. The molecule has 5 heteroatoms. The normalized spacial score (nSPS) is 12.5. The third-order valence-electron chi connectivity index (χ3n) is 4.47. The Morgan fingerprint density at radius 3 is 1.90 bits per heavy atom. The minimum absolute atomic E-state index is 0.281. The van der Waals surface area contributed by atoms with Gasteiger partial charge in [-0.3, -0.25) is 10.1 Å². The van der Waals surface area contributed by atoms with Gasteiger partial charge >= 0.3 is 5.88 Å². The maximum Gasteiger partial charge on any atom is 0.433 e. The SMILES string of the molecule is Cc1c(C)c(C)c(C(N)c2ccc([N+](=O)[O-])o2)c(C)c1C. The van der Waals surface area contributed by atoms with Crippen molar-refractivity contribution in [2.24, 2.45) is 5.73 Å². The van der Waals surface area contributed by atoms with Gasteiger partial charge in [0.05, 0.1) is 12.1 Å². The van der Waals surface area contributed by atoms with Gasteiger partial charge in [0.2, 0.25) is 0 Å². The molecule has 1 aromatic heterocycles. The topological polar surface area (TPSA) is 82.3 Å². The molecule has 1 atom stereocenters. The van der Waals surface area contributed by atoms with E-state index in [-0.39, 0.29) is 5.88 Å². The smallest absolute Gasteiger partial charge is 0.404 e. The van der Waals surface area contributed by atoms with Gasteiger partial charge in [-0.05, 0) is 74.1 Å². The van der Waals surface area contributed by atoms with E-state index in [9.17, 15) is 10.1 Å². The Morgan fingerprint density at radius 1 is 1.00 bits per heavy atom.